The van der Waals surface area contributed by atoms with Crippen LogP contribution in [0.15, 0.2) is 12.7 Å². The quantitative estimate of drug-likeness (QED) is 0.396. The van der Waals surface area contributed by atoms with Gasteiger partial charge in [0.25, 0.3) is 0 Å². The molecule has 1 heterocycles. The summed E-state index contributed by atoms with van der Waals surface area (Å²) in [5.74, 6) is -1.88. The Kier molecular flexibility index (Phi) is 9.05. The van der Waals surface area contributed by atoms with Crippen LogP contribution >= 0.6 is 0 Å². The Labute approximate surface area is 147 Å². The molecule has 1 fully saturated rings. The minimum Gasteiger partial charge on any atom is -0.459 e. The number of ether oxygens (including phenoxy) is 3. The molecule has 1 aliphatic heterocycles. The average molecular weight is 360 g/mol. The van der Waals surface area contributed by atoms with Gasteiger partial charge in [-0.15, -0.1) is 0 Å². The molecule has 0 aliphatic carbocycles. The molecular weight excluding hydrogens is 332 g/mol. The largest absolute Gasteiger partial charge is 0.459 e. The first-order valence-electron chi connectivity index (χ1n) is 8.54. The van der Waals surface area contributed by atoms with E-state index in [1.165, 1.54) is 6.08 Å². The first-order valence-corrected chi connectivity index (χ1v) is 8.54. The normalized spacial score (nSPS) is 29.3. The first-order chi connectivity index (χ1) is 11.9. The first kappa shape index (κ1) is 21.6. The maximum absolute atomic E-state index is 12.3. The van der Waals surface area contributed by atoms with Crippen molar-refractivity contribution in [2.24, 2.45) is 5.92 Å². The Balaban J connectivity index is 2.81. The standard InChI is InChI=1S/C17H28O8/c1-4-7-10(8-5-2)15(21)25-17-13(20)11(18)12(19)14(24-17)16(22)23-9-6-3/h6,10-14,17-20H,3-5,7-9H2,1-2H3/t11-,12+,13+,14-,17+/m1/s1. The molecule has 1 rings (SSSR count). The van der Waals surface area contributed by atoms with E-state index in [4.69, 9.17) is 14.2 Å². The van der Waals surface area contributed by atoms with Crippen LogP contribution in [0.2, 0.25) is 0 Å². The van der Waals surface area contributed by atoms with Crippen molar-refractivity contribution in [3.05, 3.63) is 12.7 Å². The molecule has 0 aromatic carbocycles. The zero-order chi connectivity index (χ0) is 19.0. The van der Waals surface area contributed by atoms with Gasteiger partial charge in [-0.2, -0.15) is 0 Å². The topological polar surface area (TPSA) is 123 Å². The summed E-state index contributed by atoms with van der Waals surface area (Å²) in [5.41, 5.74) is 0. The van der Waals surface area contributed by atoms with Gasteiger partial charge in [0.15, 0.2) is 6.10 Å². The van der Waals surface area contributed by atoms with Crippen LogP contribution < -0.4 is 0 Å². The molecule has 3 N–H and O–H groups in total. The van der Waals surface area contributed by atoms with Crippen molar-refractivity contribution in [2.45, 2.75) is 70.2 Å². The lowest BCUT2D eigenvalue weighted by Crippen LogP contribution is -2.61. The third-order valence-electron chi connectivity index (χ3n) is 3.99. The molecule has 0 bridgehead atoms. The summed E-state index contributed by atoms with van der Waals surface area (Å²) in [4.78, 5) is 24.2. The summed E-state index contributed by atoms with van der Waals surface area (Å²) in [6.45, 7) is 7.16. The van der Waals surface area contributed by atoms with Crippen molar-refractivity contribution in [3.63, 3.8) is 0 Å². The summed E-state index contributed by atoms with van der Waals surface area (Å²) in [5, 5.41) is 29.8. The molecular formula is C17H28O8. The van der Waals surface area contributed by atoms with E-state index in [0.717, 1.165) is 12.8 Å². The predicted molar refractivity (Wildman–Crippen MR) is 87.2 cm³/mol. The lowest BCUT2D eigenvalue weighted by molar-refractivity contribution is -0.288. The molecule has 0 aromatic heterocycles. The summed E-state index contributed by atoms with van der Waals surface area (Å²) in [7, 11) is 0. The molecule has 1 saturated heterocycles. The fourth-order valence-electron chi connectivity index (χ4n) is 2.65. The van der Waals surface area contributed by atoms with Gasteiger partial charge in [0.2, 0.25) is 6.29 Å². The number of aliphatic hydroxyl groups excluding tert-OH is 3. The minimum atomic E-state index is -1.72. The van der Waals surface area contributed by atoms with Gasteiger partial charge in [-0.25, -0.2) is 4.79 Å². The van der Waals surface area contributed by atoms with Gasteiger partial charge in [0.05, 0.1) is 5.92 Å². The highest BCUT2D eigenvalue weighted by molar-refractivity contribution is 5.76. The number of hydrogen-bond acceptors (Lipinski definition) is 8. The second-order valence-electron chi connectivity index (χ2n) is 6.03. The lowest BCUT2D eigenvalue weighted by Gasteiger charge is -2.38. The number of carbonyl (C=O) groups excluding carboxylic acids is 2. The zero-order valence-corrected chi connectivity index (χ0v) is 14.7. The van der Waals surface area contributed by atoms with Crippen molar-refractivity contribution in [1.29, 1.82) is 0 Å². The van der Waals surface area contributed by atoms with E-state index in [1.54, 1.807) is 0 Å². The van der Waals surface area contributed by atoms with E-state index in [1.807, 2.05) is 13.8 Å². The number of esters is 2. The van der Waals surface area contributed by atoms with Gasteiger partial charge in [-0.05, 0) is 12.8 Å². The number of hydrogen-bond donors (Lipinski definition) is 3. The van der Waals surface area contributed by atoms with Crippen molar-refractivity contribution in [2.75, 3.05) is 6.61 Å². The highest BCUT2D eigenvalue weighted by atomic mass is 16.7. The van der Waals surface area contributed by atoms with Crippen LogP contribution in [0.1, 0.15) is 39.5 Å². The predicted octanol–water partition coefficient (Wildman–Crippen LogP) is 0.283. The van der Waals surface area contributed by atoms with Crippen LogP contribution in [0.4, 0.5) is 0 Å². The molecule has 25 heavy (non-hydrogen) atoms. The van der Waals surface area contributed by atoms with E-state index in [0.29, 0.717) is 12.8 Å². The van der Waals surface area contributed by atoms with Gasteiger partial charge >= 0.3 is 11.9 Å². The fourth-order valence-corrected chi connectivity index (χ4v) is 2.65. The van der Waals surface area contributed by atoms with Gasteiger partial charge in [-0.3, -0.25) is 4.79 Å². The Hall–Kier alpha value is -1.48. The zero-order valence-electron chi connectivity index (χ0n) is 14.7. The fraction of sp³-hybridized carbons (Fsp3) is 0.765. The maximum atomic E-state index is 12.3. The lowest BCUT2D eigenvalue weighted by atomic mass is 9.97. The van der Waals surface area contributed by atoms with E-state index in [-0.39, 0.29) is 12.5 Å². The van der Waals surface area contributed by atoms with Crippen molar-refractivity contribution in [3.8, 4) is 0 Å². The van der Waals surface area contributed by atoms with Gasteiger partial charge in [-0.1, -0.05) is 39.3 Å². The molecule has 0 saturated carbocycles. The Morgan fingerprint density at radius 2 is 1.72 bits per heavy atom. The molecule has 0 radical (unpaired) electrons. The van der Waals surface area contributed by atoms with Crippen LogP contribution in [-0.4, -0.2) is 64.6 Å². The second-order valence-corrected chi connectivity index (χ2v) is 6.03. The molecule has 8 heteroatoms. The van der Waals surface area contributed by atoms with Gasteiger partial charge in [0, 0.05) is 0 Å². The SMILES string of the molecule is C=CCOC(=O)[C@@H]1O[C@@H](OC(=O)C(CCC)CCC)[C@@H](O)[C@H](O)[C@@H]1O. The molecule has 5 atom stereocenters. The number of carbonyl (C=O) groups is 2. The van der Waals surface area contributed by atoms with Gasteiger partial charge < -0.3 is 29.5 Å². The van der Waals surface area contributed by atoms with Crippen LogP contribution in [0, 0.1) is 5.92 Å². The third-order valence-corrected chi connectivity index (χ3v) is 3.99. The molecule has 1 aliphatic rings. The van der Waals surface area contributed by atoms with Crippen molar-refractivity contribution in [1.82, 2.24) is 0 Å². The Morgan fingerprint density at radius 3 is 2.24 bits per heavy atom. The molecule has 0 spiro atoms. The monoisotopic (exact) mass is 360 g/mol. The van der Waals surface area contributed by atoms with E-state index >= 15 is 0 Å². The van der Waals surface area contributed by atoms with Crippen LogP contribution in [-0.2, 0) is 23.8 Å². The maximum Gasteiger partial charge on any atom is 0.338 e. The summed E-state index contributed by atoms with van der Waals surface area (Å²) < 4.78 is 15.2. The second kappa shape index (κ2) is 10.5. The molecule has 0 unspecified atom stereocenters. The van der Waals surface area contributed by atoms with Crippen molar-refractivity contribution >= 4 is 11.9 Å². The molecule has 0 aromatic rings. The van der Waals surface area contributed by atoms with E-state index in [2.05, 4.69) is 6.58 Å². The number of rotatable bonds is 9. The average Bonchev–Trinajstić information content (AvgIpc) is 2.59. The highest BCUT2D eigenvalue weighted by Crippen LogP contribution is 2.25. The summed E-state index contributed by atoms with van der Waals surface area (Å²) >= 11 is 0. The Morgan fingerprint density at radius 1 is 1.12 bits per heavy atom. The van der Waals surface area contributed by atoms with Crippen LogP contribution in [0.5, 0.6) is 0 Å². The van der Waals surface area contributed by atoms with E-state index < -0.39 is 42.6 Å². The van der Waals surface area contributed by atoms with Crippen molar-refractivity contribution < 1.29 is 39.1 Å². The van der Waals surface area contributed by atoms with Crippen LogP contribution in [0.3, 0.4) is 0 Å². The smallest absolute Gasteiger partial charge is 0.338 e. The highest BCUT2D eigenvalue weighted by Gasteiger charge is 2.49. The van der Waals surface area contributed by atoms with Crippen LogP contribution in [0.25, 0.3) is 0 Å². The third kappa shape index (κ3) is 5.78. The molecule has 0 amide bonds. The minimum absolute atomic E-state index is 0.108. The molecule has 144 valence electrons. The van der Waals surface area contributed by atoms with Gasteiger partial charge in [0.1, 0.15) is 24.9 Å². The van der Waals surface area contributed by atoms with E-state index in [9.17, 15) is 24.9 Å². The molecule has 8 nitrogen and oxygen atoms in total. The Bertz CT molecular complexity index is 446. The number of aliphatic hydroxyl groups is 3. The summed E-state index contributed by atoms with van der Waals surface area (Å²) in [6, 6.07) is 0. The summed E-state index contributed by atoms with van der Waals surface area (Å²) in [6.07, 6.45) is -4.11.